The van der Waals surface area contributed by atoms with Gasteiger partial charge in [-0.05, 0) is 38.1 Å². The fourth-order valence-electron chi connectivity index (χ4n) is 2.67. The smallest absolute Gasteiger partial charge is 0.341 e. The molecule has 1 aromatic rings. The van der Waals surface area contributed by atoms with Crippen molar-refractivity contribution in [3.8, 4) is 0 Å². The van der Waals surface area contributed by atoms with E-state index in [1.54, 1.807) is 4.90 Å². The lowest BCUT2D eigenvalue weighted by Crippen LogP contribution is -2.33. The first-order valence-electron chi connectivity index (χ1n) is 8.40. The van der Waals surface area contributed by atoms with Crippen LogP contribution in [0.1, 0.15) is 20.3 Å². The lowest BCUT2D eigenvalue weighted by atomic mass is 10.1. The summed E-state index contributed by atoms with van der Waals surface area (Å²) in [4.78, 5) is 36.7. The molecule has 1 unspecified atom stereocenters. The number of sulfone groups is 1. The van der Waals surface area contributed by atoms with E-state index in [4.69, 9.17) is 4.74 Å². The molecule has 0 aliphatic carbocycles. The number of hydrogen-bond acceptors (Lipinski definition) is 6. The number of ether oxygens (including phenoxy) is 1. The average Bonchev–Trinajstić information content (AvgIpc) is 3.02. The van der Waals surface area contributed by atoms with Gasteiger partial charge in [0.05, 0.1) is 10.8 Å². The van der Waals surface area contributed by atoms with Crippen molar-refractivity contribution in [2.24, 2.45) is 5.92 Å². The minimum Gasteiger partial charge on any atom is -0.455 e. The Bertz CT molecular complexity index is 855. The van der Waals surface area contributed by atoms with Crippen molar-refractivity contribution in [3.05, 3.63) is 24.3 Å². The number of hydrogen-bond donors (Lipinski definition) is 1. The number of rotatable bonds is 7. The lowest BCUT2D eigenvalue weighted by molar-refractivity contribution is -0.151. The maximum atomic E-state index is 12.5. The van der Waals surface area contributed by atoms with Crippen LogP contribution in [-0.2, 0) is 29.0 Å². The Morgan fingerprint density at radius 3 is 2.36 bits per heavy atom. The highest BCUT2D eigenvalue weighted by atomic mass is 32.2. The number of amides is 2. The Morgan fingerprint density at radius 2 is 1.86 bits per heavy atom. The number of carbonyl (C=O) groups is 3. The highest BCUT2D eigenvalue weighted by Crippen LogP contribution is 2.22. The molecule has 154 valence electrons. The third-order valence-corrected chi connectivity index (χ3v) is 5.56. The molecule has 1 heterocycles. The van der Waals surface area contributed by atoms with E-state index < -0.39 is 44.9 Å². The summed E-state index contributed by atoms with van der Waals surface area (Å²) in [5, 5.41) is 2.36. The second-order valence-electron chi connectivity index (χ2n) is 6.53. The molecule has 28 heavy (non-hydrogen) atoms. The lowest BCUT2D eigenvalue weighted by Gasteiger charge is -2.20. The molecule has 1 saturated heterocycles. The molecule has 2 amide bonds. The van der Waals surface area contributed by atoms with Crippen LogP contribution < -0.4 is 5.32 Å². The molecule has 1 atom stereocenters. The van der Waals surface area contributed by atoms with Gasteiger partial charge < -0.3 is 15.0 Å². The first-order valence-corrected chi connectivity index (χ1v) is 9.95. The number of carbonyl (C=O) groups excluding carboxylic acids is 3. The normalized spacial score (nSPS) is 17.3. The molecule has 0 radical (unpaired) electrons. The van der Waals surface area contributed by atoms with Gasteiger partial charge in [0.1, 0.15) is 0 Å². The maximum Gasteiger partial charge on any atom is 0.341 e. The van der Waals surface area contributed by atoms with Gasteiger partial charge in [0.25, 0.3) is 5.91 Å². The van der Waals surface area contributed by atoms with Crippen LogP contribution >= 0.6 is 0 Å². The summed E-state index contributed by atoms with van der Waals surface area (Å²) >= 11 is 0. The van der Waals surface area contributed by atoms with Crippen LogP contribution in [0.5, 0.6) is 0 Å². The van der Waals surface area contributed by atoms with Gasteiger partial charge in [0.15, 0.2) is 6.61 Å². The Labute approximate surface area is 160 Å². The number of esters is 1. The summed E-state index contributed by atoms with van der Waals surface area (Å²) in [6.07, 6.45) is 0.0265. The molecule has 0 spiro atoms. The van der Waals surface area contributed by atoms with Gasteiger partial charge in [-0.25, -0.2) is 8.42 Å². The number of halogens is 2. The second-order valence-corrected chi connectivity index (χ2v) is 8.44. The summed E-state index contributed by atoms with van der Waals surface area (Å²) in [6.45, 7) is 3.30. The molecular weight excluding hydrogens is 398 g/mol. The Kier molecular flexibility index (Phi) is 6.70. The molecule has 0 saturated carbocycles. The van der Waals surface area contributed by atoms with Crippen molar-refractivity contribution in [2.45, 2.75) is 37.0 Å². The van der Waals surface area contributed by atoms with Crippen molar-refractivity contribution in [1.29, 1.82) is 0 Å². The highest BCUT2D eigenvalue weighted by Gasteiger charge is 2.36. The molecule has 2 rings (SSSR count). The quantitative estimate of drug-likeness (QED) is 0.671. The van der Waals surface area contributed by atoms with Gasteiger partial charge in [0, 0.05) is 24.7 Å². The van der Waals surface area contributed by atoms with E-state index in [-0.39, 0.29) is 30.6 Å². The average molecular weight is 418 g/mol. The van der Waals surface area contributed by atoms with Crippen molar-refractivity contribution in [2.75, 3.05) is 18.5 Å². The monoisotopic (exact) mass is 418 g/mol. The third kappa shape index (κ3) is 5.03. The summed E-state index contributed by atoms with van der Waals surface area (Å²) in [6, 6.07) is 4.13. The number of benzene rings is 1. The summed E-state index contributed by atoms with van der Waals surface area (Å²) in [5.74, 6) is -5.68. The first-order chi connectivity index (χ1) is 13.0. The molecule has 8 nitrogen and oxygen atoms in total. The number of alkyl halides is 2. The van der Waals surface area contributed by atoms with Crippen LogP contribution in [0, 0.1) is 5.92 Å². The van der Waals surface area contributed by atoms with Crippen molar-refractivity contribution < 1.29 is 36.3 Å². The Morgan fingerprint density at radius 1 is 1.25 bits per heavy atom. The molecule has 1 N–H and O–H groups in total. The SMILES string of the molecule is CC(C)N1CC(C(=O)OCC(=O)Nc2ccc(S(=O)(=O)C(F)F)cc2)CC1=O. The largest absolute Gasteiger partial charge is 0.455 e. The second kappa shape index (κ2) is 8.63. The van der Waals surface area contributed by atoms with E-state index in [2.05, 4.69) is 5.32 Å². The fourth-order valence-corrected chi connectivity index (χ4v) is 3.39. The van der Waals surface area contributed by atoms with E-state index in [1.165, 1.54) is 0 Å². The predicted molar refractivity (Wildman–Crippen MR) is 94.2 cm³/mol. The van der Waals surface area contributed by atoms with Gasteiger partial charge >= 0.3 is 11.7 Å². The number of nitrogens with one attached hydrogen (secondary N) is 1. The van der Waals surface area contributed by atoms with Gasteiger partial charge in [-0.2, -0.15) is 8.78 Å². The van der Waals surface area contributed by atoms with E-state index in [9.17, 15) is 31.6 Å². The molecule has 11 heteroatoms. The Hall–Kier alpha value is -2.56. The molecule has 1 aliphatic heterocycles. The fraction of sp³-hybridized carbons (Fsp3) is 0.471. The van der Waals surface area contributed by atoms with E-state index in [1.807, 2.05) is 13.8 Å². The highest BCUT2D eigenvalue weighted by molar-refractivity contribution is 7.91. The van der Waals surface area contributed by atoms with Gasteiger partial charge in [-0.1, -0.05) is 0 Å². The van der Waals surface area contributed by atoms with Crippen molar-refractivity contribution in [1.82, 2.24) is 4.90 Å². The summed E-state index contributed by atoms with van der Waals surface area (Å²) in [5.41, 5.74) is 0.149. The van der Waals surface area contributed by atoms with Crippen molar-refractivity contribution in [3.63, 3.8) is 0 Å². The molecule has 1 aliphatic rings. The van der Waals surface area contributed by atoms with Gasteiger partial charge in [-0.15, -0.1) is 0 Å². The predicted octanol–water partition coefficient (Wildman–Crippen LogP) is 1.42. The topological polar surface area (TPSA) is 110 Å². The first kappa shape index (κ1) is 21.7. The van der Waals surface area contributed by atoms with Crippen LogP contribution in [0.2, 0.25) is 0 Å². The number of nitrogens with zero attached hydrogens (tertiary/aromatic N) is 1. The maximum absolute atomic E-state index is 12.5. The van der Waals surface area contributed by atoms with Crippen LogP contribution in [0.4, 0.5) is 14.5 Å². The van der Waals surface area contributed by atoms with Crippen molar-refractivity contribution >= 4 is 33.3 Å². The molecule has 0 aromatic heterocycles. The minimum absolute atomic E-state index is 0.0265. The molecule has 1 aromatic carbocycles. The van der Waals surface area contributed by atoms with E-state index >= 15 is 0 Å². The molecular formula is C17H20F2N2O6S. The summed E-state index contributed by atoms with van der Waals surface area (Å²) < 4.78 is 52.5. The molecule has 1 fully saturated rings. The zero-order valence-electron chi connectivity index (χ0n) is 15.2. The van der Waals surface area contributed by atoms with Crippen LogP contribution in [0.25, 0.3) is 0 Å². The Balaban J connectivity index is 1.86. The third-order valence-electron chi connectivity index (χ3n) is 4.16. The van der Waals surface area contributed by atoms with Gasteiger partial charge in [0.2, 0.25) is 15.7 Å². The molecule has 0 bridgehead atoms. The van der Waals surface area contributed by atoms with Crippen LogP contribution in [0.15, 0.2) is 29.2 Å². The number of anilines is 1. The van der Waals surface area contributed by atoms with E-state index in [0.29, 0.717) is 0 Å². The zero-order chi connectivity index (χ0) is 21.1. The zero-order valence-corrected chi connectivity index (χ0v) is 16.0. The van der Waals surface area contributed by atoms with Crippen LogP contribution in [0.3, 0.4) is 0 Å². The van der Waals surface area contributed by atoms with Crippen LogP contribution in [-0.4, -0.2) is 56.1 Å². The van der Waals surface area contributed by atoms with Gasteiger partial charge in [-0.3, -0.25) is 14.4 Å². The number of likely N-dealkylation sites (tertiary alicyclic amines) is 1. The standard InChI is InChI=1S/C17H20F2N2O6S/c1-10(2)21-8-11(7-15(21)23)16(24)27-9-14(22)20-12-3-5-13(6-4-12)28(25,26)17(18)19/h3-6,10-11,17H,7-9H2,1-2H3,(H,20,22). The van der Waals surface area contributed by atoms with E-state index in [0.717, 1.165) is 24.3 Å². The summed E-state index contributed by atoms with van der Waals surface area (Å²) in [7, 11) is -4.72. The minimum atomic E-state index is -4.72.